The molecule has 50 valence electrons. The fraction of sp³-hybridized carbons (Fsp3) is 0.600. The molecule has 0 fully saturated rings. The van der Waals surface area contributed by atoms with Crippen LogP contribution < -0.4 is 0 Å². The molecule has 3 N–H and O–H groups in total. The fourth-order valence-electron chi connectivity index (χ4n) is 0. The highest BCUT2D eigenvalue weighted by Crippen LogP contribution is 1.68. The van der Waals surface area contributed by atoms with E-state index in [2.05, 4.69) is 6.58 Å². The summed E-state index contributed by atoms with van der Waals surface area (Å²) in [4.78, 5) is 0. The minimum Gasteiger partial charge on any atom is -0.516 e. The standard InChI is InChI=1S/C3H8O2.C2H4O/c1-3(5)2-4;1-2-3/h3-5H,2H2,1H3;2-3H,1H2. The largest absolute Gasteiger partial charge is 0.516 e. The van der Waals surface area contributed by atoms with Crippen LogP contribution in [0, 0.1) is 0 Å². The van der Waals surface area contributed by atoms with Crippen molar-refractivity contribution in [2.24, 2.45) is 0 Å². The molecule has 0 aliphatic rings. The van der Waals surface area contributed by atoms with E-state index in [1.54, 1.807) is 0 Å². The molecule has 0 rings (SSSR count). The second kappa shape index (κ2) is 9.68. The quantitative estimate of drug-likeness (QED) is 0.428. The Kier molecular flexibility index (Phi) is 12.6. The van der Waals surface area contributed by atoms with E-state index in [1.165, 1.54) is 6.92 Å². The number of hydrogen-bond acceptors (Lipinski definition) is 3. The predicted molar refractivity (Wildman–Crippen MR) is 31.6 cm³/mol. The van der Waals surface area contributed by atoms with E-state index in [-0.39, 0.29) is 6.61 Å². The molecule has 0 spiro atoms. The highest BCUT2D eigenvalue weighted by atomic mass is 16.3. The molecule has 0 aromatic rings. The maximum absolute atomic E-state index is 8.11. The second-order valence-corrected chi connectivity index (χ2v) is 1.21. The summed E-state index contributed by atoms with van der Waals surface area (Å²) in [5.41, 5.74) is 0. The SMILES string of the molecule is C=CO.CC(O)CO. The lowest BCUT2D eigenvalue weighted by atomic mass is 10.5. The van der Waals surface area contributed by atoms with Crippen molar-refractivity contribution in [1.82, 2.24) is 0 Å². The van der Waals surface area contributed by atoms with E-state index in [9.17, 15) is 0 Å². The molecule has 0 amide bonds. The monoisotopic (exact) mass is 120 g/mol. The van der Waals surface area contributed by atoms with Gasteiger partial charge in [0.2, 0.25) is 0 Å². The van der Waals surface area contributed by atoms with Crippen LogP contribution in [0.1, 0.15) is 6.92 Å². The van der Waals surface area contributed by atoms with Gasteiger partial charge in [0.25, 0.3) is 0 Å². The van der Waals surface area contributed by atoms with Gasteiger partial charge in [-0.15, -0.1) is 0 Å². The van der Waals surface area contributed by atoms with E-state index >= 15 is 0 Å². The molecule has 3 heteroatoms. The average molecular weight is 120 g/mol. The third kappa shape index (κ3) is 51.0. The number of rotatable bonds is 1. The fourth-order valence-corrected chi connectivity index (χ4v) is 0. The van der Waals surface area contributed by atoms with Gasteiger partial charge in [-0.25, -0.2) is 0 Å². The van der Waals surface area contributed by atoms with Crippen LogP contribution >= 0.6 is 0 Å². The summed E-state index contributed by atoms with van der Waals surface area (Å²) in [6.45, 7) is 4.31. The second-order valence-electron chi connectivity index (χ2n) is 1.21. The van der Waals surface area contributed by atoms with Crippen LogP contribution in [-0.4, -0.2) is 28.0 Å². The summed E-state index contributed by atoms with van der Waals surface area (Å²) in [6, 6.07) is 0. The molecule has 0 aliphatic carbocycles. The summed E-state index contributed by atoms with van der Waals surface area (Å²) in [5, 5.41) is 23.3. The van der Waals surface area contributed by atoms with Crippen molar-refractivity contribution >= 4 is 0 Å². The Hall–Kier alpha value is -0.540. The van der Waals surface area contributed by atoms with Crippen molar-refractivity contribution in [3.63, 3.8) is 0 Å². The highest BCUT2D eigenvalue weighted by molar-refractivity contribution is 4.38. The first-order valence-electron chi connectivity index (χ1n) is 2.23. The normalized spacial score (nSPS) is 10.9. The number of aliphatic hydroxyl groups excluding tert-OH is 3. The lowest BCUT2D eigenvalue weighted by Gasteiger charge is -1.90. The van der Waals surface area contributed by atoms with Gasteiger partial charge in [0.15, 0.2) is 0 Å². The lowest BCUT2D eigenvalue weighted by Crippen LogP contribution is -2.03. The van der Waals surface area contributed by atoms with Gasteiger partial charge in [0.05, 0.1) is 19.0 Å². The van der Waals surface area contributed by atoms with E-state index in [4.69, 9.17) is 15.3 Å². The van der Waals surface area contributed by atoms with Crippen LogP contribution in [0.3, 0.4) is 0 Å². The minimum atomic E-state index is -0.560. The first kappa shape index (κ1) is 10.4. The van der Waals surface area contributed by atoms with Crippen molar-refractivity contribution in [3.05, 3.63) is 12.8 Å². The smallest absolute Gasteiger partial charge is 0.0742 e. The Labute approximate surface area is 48.9 Å². The van der Waals surface area contributed by atoms with Gasteiger partial charge in [0, 0.05) is 0 Å². The Bertz CT molecular complexity index is 42.9. The van der Waals surface area contributed by atoms with Crippen LogP contribution in [0.4, 0.5) is 0 Å². The van der Waals surface area contributed by atoms with Gasteiger partial charge < -0.3 is 15.3 Å². The molecule has 0 heterocycles. The minimum absolute atomic E-state index is 0.139. The van der Waals surface area contributed by atoms with Crippen molar-refractivity contribution in [1.29, 1.82) is 0 Å². The Morgan fingerprint density at radius 2 is 1.88 bits per heavy atom. The van der Waals surface area contributed by atoms with Gasteiger partial charge in [-0.1, -0.05) is 6.58 Å². The summed E-state index contributed by atoms with van der Waals surface area (Å²) >= 11 is 0. The molecule has 0 aromatic carbocycles. The highest BCUT2D eigenvalue weighted by Gasteiger charge is 1.83. The summed E-state index contributed by atoms with van der Waals surface area (Å²) < 4.78 is 0. The lowest BCUT2D eigenvalue weighted by molar-refractivity contribution is 0.110. The molecule has 0 radical (unpaired) electrons. The first-order valence-corrected chi connectivity index (χ1v) is 2.23. The topological polar surface area (TPSA) is 60.7 Å². The molecule has 8 heavy (non-hydrogen) atoms. The molecule has 0 aliphatic heterocycles. The van der Waals surface area contributed by atoms with E-state index in [1.807, 2.05) is 0 Å². The van der Waals surface area contributed by atoms with Crippen LogP contribution in [0.2, 0.25) is 0 Å². The molecular formula is C5H12O3. The van der Waals surface area contributed by atoms with E-state index in [0.29, 0.717) is 0 Å². The van der Waals surface area contributed by atoms with Crippen LogP contribution in [0.5, 0.6) is 0 Å². The number of hydrogen-bond donors (Lipinski definition) is 3. The third-order valence-electron chi connectivity index (χ3n) is 0.264. The van der Waals surface area contributed by atoms with Crippen LogP contribution in [-0.2, 0) is 0 Å². The van der Waals surface area contributed by atoms with Crippen LogP contribution in [0.25, 0.3) is 0 Å². The van der Waals surface area contributed by atoms with Gasteiger partial charge >= 0.3 is 0 Å². The molecule has 1 atom stereocenters. The molecule has 0 bridgehead atoms. The molecule has 0 saturated carbocycles. The molecule has 0 aromatic heterocycles. The summed E-state index contributed by atoms with van der Waals surface area (Å²) in [7, 11) is 0. The van der Waals surface area contributed by atoms with Gasteiger partial charge in [-0.2, -0.15) is 0 Å². The zero-order valence-electron chi connectivity index (χ0n) is 4.91. The van der Waals surface area contributed by atoms with Gasteiger partial charge in [-0.05, 0) is 6.92 Å². The first-order chi connectivity index (χ1) is 3.68. The maximum Gasteiger partial charge on any atom is 0.0742 e. The van der Waals surface area contributed by atoms with E-state index < -0.39 is 6.10 Å². The zero-order chi connectivity index (χ0) is 6.99. The van der Waals surface area contributed by atoms with Gasteiger partial charge in [-0.3, -0.25) is 0 Å². The van der Waals surface area contributed by atoms with Gasteiger partial charge in [0.1, 0.15) is 0 Å². The van der Waals surface area contributed by atoms with Crippen molar-refractivity contribution in [2.45, 2.75) is 13.0 Å². The zero-order valence-corrected chi connectivity index (χ0v) is 4.91. The third-order valence-corrected chi connectivity index (χ3v) is 0.264. The summed E-state index contributed by atoms with van der Waals surface area (Å²) in [6.07, 6.45) is 0.190. The Morgan fingerprint density at radius 3 is 1.88 bits per heavy atom. The Morgan fingerprint density at radius 1 is 1.75 bits per heavy atom. The number of aliphatic hydroxyl groups is 3. The maximum atomic E-state index is 8.11. The molecule has 1 unspecified atom stereocenters. The van der Waals surface area contributed by atoms with Crippen molar-refractivity contribution in [2.75, 3.05) is 6.61 Å². The van der Waals surface area contributed by atoms with Crippen molar-refractivity contribution < 1.29 is 15.3 Å². The van der Waals surface area contributed by atoms with Crippen molar-refractivity contribution in [3.8, 4) is 0 Å². The summed E-state index contributed by atoms with van der Waals surface area (Å²) in [5.74, 6) is 0. The Balaban J connectivity index is 0. The van der Waals surface area contributed by atoms with Crippen LogP contribution in [0.15, 0.2) is 12.8 Å². The van der Waals surface area contributed by atoms with E-state index in [0.717, 1.165) is 6.26 Å². The molecular weight excluding hydrogens is 108 g/mol. The predicted octanol–water partition coefficient (Wildman–Crippen LogP) is 0.0474. The molecule has 3 nitrogen and oxygen atoms in total. The average Bonchev–Trinajstić information content (AvgIpc) is 1.69. The molecule has 0 saturated heterocycles.